The average Bonchev–Trinajstić information content (AvgIpc) is 3.35. The Balaban J connectivity index is 1.56. The van der Waals surface area contributed by atoms with E-state index < -0.39 is 6.04 Å². The van der Waals surface area contributed by atoms with Crippen LogP contribution in [-0.4, -0.2) is 31.5 Å². The number of amides is 1. The van der Waals surface area contributed by atoms with Crippen LogP contribution in [0.2, 0.25) is 0 Å². The van der Waals surface area contributed by atoms with Crippen LogP contribution in [0.15, 0.2) is 47.3 Å². The molecule has 1 unspecified atom stereocenters. The Bertz CT molecular complexity index is 993. The molecule has 4 heterocycles. The lowest BCUT2D eigenvalue weighted by atomic mass is 10.2. The van der Waals surface area contributed by atoms with E-state index >= 15 is 0 Å². The standard InChI is InChI=1S/C16H14N6OS2/c17-11(9-10-3-1-7-24-10)14(23)19-15-20-16-18-6-5-12(22(16)21-15)13-4-2-8-25-13/h1-8,11H,9,17H2,(H,19,21,23). The summed E-state index contributed by atoms with van der Waals surface area (Å²) in [6, 6.07) is 9.06. The predicted octanol–water partition coefficient (Wildman–Crippen LogP) is 2.42. The number of rotatable bonds is 5. The Morgan fingerprint density at radius 2 is 2.08 bits per heavy atom. The number of fused-ring (bicyclic) bond motifs is 1. The van der Waals surface area contributed by atoms with Crippen LogP contribution in [0.5, 0.6) is 0 Å². The van der Waals surface area contributed by atoms with E-state index in [1.54, 1.807) is 33.4 Å². The number of anilines is 1. The van der Waals surface area contributed by atoms with Gasteiger partial charge in [-0.25, -0.2) is 4.98 Å². The van der Waals surface area contributed by atoms with E-state index in [0.717, 1.165) is 15.4 Å². The van der Waals surface area contributed by atoms with E-state index in [1.165, 1.54) is 0 Å². The summed E-state index contributed by atoms with van der Waals surface area (Å²) in [7, 11) is 0. The van der Waals surface area contributed by atoms with Crippen molar-refractivity contribution in [1.82, 2.24) is 19.6 Å². The monoisotopic (exact) mass is 370 g/mol. The number of carbonyl (C=O) groups excluding carboxylic acids is 1. The van der Waals surface area contributed by atoms with Crippen molar-refractivity contribution in [1.29, 1.82) is 0 Å². The summed E-state index contributed by atoms with van der Waals surface area (Å²) in [6.45, 7) is 0. The first-order valence-corrected chi connectivity index (χ1v) is 9.31. The minimum absolute atomic E-state index is 0.197. The Morgan fingerprint density at radius 3 is 2.84 bits per heavy atom. The van der Waals surface area contributed by atoms with Crippen molar-refractivity contribution in [2.24, 2.45) is 5.73 Å². The summed E-state index contributed by atoms with van der Waals surface area (Å²) >= 11 is 3.17. The van der Waals surface area contributed by atoms with Crippen molar-refractivity contribution in [2.45, 2.75) is 12.5 Å². The molecule has 0 aromatic carbocycles. The molecule has 126 valence electrons. The molecule has 0 spiro atoms. The maximum absolute atomic E-state index is 12.3. The Kier molecular flexibility index (Phi) is 4.26. The number of thiophene rings is 2. The lowest BCUT2D eigenvalue weighted by Crippen LogP contribution is -2.37. The van der Waals surface area contributed by atoms with Gasteiger partial charge in [-0.15, -0.1) is 27.8 Å². The zero-order valence-electron chi connectivity index (χ0n) is 13.0. The first-order valence-electron chi connectivity index (χ1n) is 7.55. The molecule has 0 fully saturated rings. The maximum atomic E-state index is 12.3. The van der Waals surface area contributed by atoms with Crippen LogP contribution >= 0.6 is 22.7 Å². The van der Waals surface area contributed by atoms with E-state index in [4.69, 9.17) is 5.73 Å². The molecule has 0 bridgehead atoms. The second-order valence-electron chi connectivity index (χ2n) is 5.33. The molecule has 9 heteroatoms. The van der Waals surface area contributed by atoms with Crippen LogP contribution in [0.1, 0.15) is 4.88 Å². The predicted molar refractivity (Wildman–Crippen MR) is 98.7 cm³/mol. The molecule has 0 radical (unpaired) electrons. The number of hydrogen-bond donors (Lipinski definition) is 2. The molecular formula is C16H14N6OS2. The number of carbonyl (C=O) groups is 1. The Labute approximate surface area is 151 Å². The van der Waals surface area contributed by atoms with E-state index in [0.29, 0.717) is 12.2 Å². The van der Waals surface area contributed by atoms with Gasteiger partial charge in [0.15, 0.2) is 0 Å². The zero-order valence-corrected chi connectivity index (χ0v) is 14.6. The van der Waals surface area contributed by atoms with Crippen LogP contribution in [0.4, 0.5) is 5.95 Å². The lowest BCUT2D eigenvalue weighted by molar-refractivity contribution is -0.117. The van der Waals surface area contributed by atoms with Crippen molar-refractivity contribution < 1.29 is 4.79 Å². The topological polar surface area (TPSA) is 98.2 Å². The molecular weight excluding hydrogens is 356 g/mol. The van der Waals surface area contributed by atoms with Gasteiger partial charge in [-0.05, 0) is 29.0 Å². The largest absolute Gasteiger partial charge is 0.320 e. The number of nitrogens with zero attached hydrogens (tertiary/aromatic N) is 4. The SMILES string of the molecule is NC(Cc1cccs1)C(=O)Nc1nc2nccc(-c3cccs3)n2n1. The molecule has 4 rings (SSSR count). The average molecular weight is 370 g/mol. The highest BCUT2D eigenvalue weighted by atomic mass is 32.1. The van der Waals surface area contributed by atoms with Crippen molar-refractivity contribution in [3.63, 3.8) is 0 Å². The zero-order chi connectivity index (χ0) is 17.2. The van der Waals surface area contributed by atoms with Crippen LogP contribution in [0.25, 0.3) is 16.3 Å². The third-order valence-corrected chi connectivity index (χ3v) is 5.38. The van der Waals surface area contributed by atoms with Crippen molar-refractivity contribution in [3.05, 3.63) is 52.2 Å². The first kappa shape index (κ1) is 15.9. The summed E-state index contributed by atoms with van der Waals surface area (Å²) in [6.07, 6.45) is 2.16. The molecule has 7 nitrogen and oxygen atoms in total. The maximum Gasteiger partial charge on any atom is 0.254 e. The second-order valence-corrected chi connectivity index (χ2v) is 7.31. The van der Waals surface area contributed by atoms with E-state index in [-0.39, 0.29) is 11.9 Å². The molecule has 1 amide bonds. The number of nitrogens with two attached hydrogens (primary N) is 1. The van der Waals surface area contributed by atoms with Gasteiger partial charge in [0.05, 0.1) is 16.6 Å². The van der Waals surface area contributed by atoms with Crippen LogP contribution < -0.4 is 11.1 Å². The van der Waals surface area contributed by atoms with Gasteiger partial charge < -0.3 is 5.73 Å². The highest BCUT2D eigenvalue weighted by Gasteiger charge is 2.18. The third-order valence-electron chi connectivity index (χ3n) is 3.59. The molecule has 1 atom stereocenters. The summed E-state index contributed by atoms with van der Waals surface area (Å²) in [4.78, 5) is 22.9. The van der Waals surface area contributed by atoms with Crippen molar-refractivity contribution in [2.75, 3.05) is 5.32 Å². The third kappa shape index (κ3) is 3.29. The second kappa shape index (κ2) is 6.71. The van der Waals surface area contributed by atoms with Gasteiger partial charge in [-0.1, -0.05) is 12.1 Å². The first-order chi connectivity index (χ1) is 12.2. The Morgan fingerprint density at radius 1 is 1.24 bits per heavy atom. The van der Waals surface area contributed by atoms with E-state index in [1.807, 2.05) is 41.1 Å². The van der Waals surface area contributed by atoms with Crippen molar-refractivity contribution in [3.8, 4) is 10.6 Å². The van der Waals surface area contributed by atoms with Gasteiger partial charge >= 0.3 is 0 Å². The van der Waals surface area contributed by atoms with Crippen LogP contribution in [-0.2, 0) is 11.2 Å². The number of aromatic nitrogens is 4. The van der Waals surface area contributed by atoms with Gasteiger partial charge in [-0.2, -0.15) is 9.50 Å². The molecule has 0 saturated heterocycles. The number of nitrogens with one attached hydrogen (secondary N) is 1. The molecule has 4 aromatic rings. The van der Waals surface area contributed by atoms with Gasteiger partial charge in [0, 0.05) is 17.5 Å². The fraction of sp³-hybridized carbons (Fsp3) is 0.125. The molecule has 4 aromatic heterocycles. The van der Waals surface area contributed by atoms with Gasteiger partial charge in [0.2, 0.25) is 5.91 Å². The normalized spacial score (nSPS) is 12.4. The Hall–Kier alpha value is -2.62. The van der Waals surface area contributed by atoms with Crippen molar-refractivity contribution >= 4 is 40.3 Å². The van der Waals surface area contributed by atoms with Gasteiger partial charge in [0.1, 0.15) is 0 Å². The smallest absolute Gasteiger partial charge is 0.254 e. The molecule has 0 aliphatic carbocycles. The summed E-state index contributed by atoms with van der Waals surface area (Å²) < 4.78 is 1.62. The highest BCUT2D eigenvalue weighted by Crippen LogP contribution is 2.24. The molecule has 0 aliphatic rings. The van der Waals surface area contributed by atoms with E-state index in [2.05, 4.69) is 20.4 Å². The quantitative estimate of drug-likeness (QED) is 0.562. The molecule has 0 aliphatic heterocycles. The fourth-order valence-electron chi connectivity index (χ4n) is 2.40. The number of hydrogen-bond acceptors (Lipinski definition) is 7. The molecule has 25 heavy (non-hydrogen) atoms. The summed E-state index contributed by atoms with van der Waals surface area (Å²) in [5.74, 6) is 0.304. The fourth-order valence-corrected chi connectivity index (χ4v) is 3.90. The van der Waals surface area contributed by atoms with Crippen LogP contribution in [0, 0.1) is 0 Å². The minimum atomic E-state index is -0.657. The minimum Gasteiger partial charge on any atom is -0.320 e. The molecule has 0 saturated carbocycles. The van der Waals surface area contributed by atoms with E-state index in [9.17, 15) is 4.79 Å². The lowest BCUT2D eigenvalue weighted by Gasteiger charge is -2.08. The van der Waals surface area contributed by atoms with Crippen LogP contribution in [0.3, 0.4) is 0 Å². The van der Waals surface area contributed by atoms with Gasteiger partial charge in [-0.3, -0.25) is 10.1 Å². The highest BCUT2D eigenvalue weighted by molar-refractivity contribution is 7.13. The molecule has 3 N–H and O–H groups in total. The van der Waals surface area contributed by atoms with Gasteiger partial charge in [0.25, 0.3) is 11.7 Å². The summed E-state index contributed by atoms with van der Waals surface area (Å²) in [5.41, 5.74) is 6.85. The summed E-state index contributed by atoms with van der Waals surface area (Å²) in [5, 5.41) is 11.0.